The standard InChI is InChI=1S/C18H21NO/c20-13-14-11-17(15-7-3-1-4-8-15)19-18(12-14)16-9-5-2-6-10-16/h1-10,14,17-20H,11-13H2/t14?,17-,18+. The van der Waals surface area contributed by atoms with Crippen molar-refractivity contribution in [2.45, 2.75) is 24.9 Å². The van der Waals surface area contributed by atoms with Gasteiger partial charge in [0, 0.05) is 18.7 Å². The van der Waals surface area contributed by atoms with Crippen LogP contribution in [0.2, 0.25) is 0 Å². The van der Waals surface area contributed by atoms with E-state index >= 15 is 0 Å². The molecule has 3 rings (SSSR count). The highest BCUT2D eigenvalue weighted by Gasteiger charge is 2.29. The van der Waals surface area contributed by atoms with Crippen molar-refractivity contribution < 1.29 is 5.11 Å². The Morgan fingerprint density at radius 3 is 1.65 bits per heavy atom. The van der Waals surface area contributed by atoms with Gasteiger partial charge in [-0.1, -0.05) is 60.7 Å². The Bertz CT molecular complexity index is 478. The Balaban J connectivity index is 1.83. The number of aliphatic hydroxyl groups is 1. The summed E-state index contributed by atoms with van der Waals surface area (Å²) in [6, 6.07) is 21.7. The first-order chi connectivity index (χ1) is 9.86. The molecule has 1 aliphatic rings. The lowest BCUT2D eigenvalue weighted by Gasteiger charge is -2.36. The summed E-state index contributed by atoms with van der Waals surface area (Å²) < 4.78 is 0. The van der Waals surface area contributed by atoms with Crippen molar-refractivity contribution in [1.29, 1.82) is 0 Å². The molecule has 0 aliphatic carbocycles. The average molecular weight is 267 g/mol. The molecule has 1 fully saturated rings. The van der Waals surface area contributed by atoms with Gasteiger partial charge in [0.2, 0.25) is 0 Å². The fourth-order valence-corrected chi connectivity index (χ4v) is 3.13. The fourth-order valence-electron chi connectivity index (χ4n) is 3.13. The second-order valence-electron chi connectivity index (χ2n) is 5.61. The van der Waals surface area contributed by atoms with Gasteiger partial charge in [0.05, 0.1) is 0 Å². The zero-order valence-corrected chi connectivity index (χ0v) is 11.6. The van der Waals surface area contributed by atoms with E-state index in [0.717, 1.165) is 12.8 Å². The molecule has 2 aromatic carbocycles. The topological polar surface area (TPSA) is 32.3 Å². The van der Waals surface area contributed by atoms with E-state index in [1.165, 1.54) is 11.1 Å². The Hall–Kier alpha value is -1.64. The molecule has 0 bridgehead atoms. The maximum atomic E-state index is 9.59. The first-order valence-electron chi connectivity index (χ1n) is 7.33. The third-order valence-electron chi connectivity index (χ3n) is 4.20. The highest BCUT2D eigenvalue weighted by Crippen LogP contribution is 2.35. The van der Waals surface area contributed by atoms with Gasteiger partial charge < -0.3 is 10.4 Å². The van der Waals surface area contributed by atoms with Crippen LogP contribution in [-0.4, -0.2) is 11.7 Å². The average Bonchev–Trinajstić information content (AvgIpc) is 2.56. The van der Waals surface area contributed by atoms with E-state index < -0.39 is 0 Å². The van der Waals surface area contributed by atoms with Gasteiger partial charge in [-0.15, -0.1) is 0 Å². The second kappa shape index (κ2) is 6.21. The monoisotopic (exact) mass is 267 g/mol. The Labute approximate surface area is 120 Å². The Morgan fingerprint density at radius 1 is 0.800 bits per heavy atom. The quantitative estimate of drug-likeness (QED) is 0.892. The SMILES string of the molecule is OCC1C[C@@H](c2ccccc2)N[C@@H](c2ccccc2)C1. The van der Waals surface area contributed by atoms with E-state index in [-0.39, 0.29) is 6.61 Å². The summed E-state index contributed by atoms with van der Waals surface area (Å²) >= 11 is 0. The minimum absolute atomic E-state index is 0.272. The normalized spacial score (nSPS) is 26.4. The van der Waals surface area contributed by atoms with Crippen LogP contribution in [0, 0.1) is 5.92 Å². The molecule has 2 aromatic rings. The molecule has 1 unspecified atom stereocenters. The van der Waals surface area contributed by atoms with E-state index in [1.54, 1.807) is 0 Å². The van der Waals surface area contributed by atoms with Gasteiger partial charge in [0.15, 0.2) is 0 Å². The van der Waals surface area contributed by atoms with Crippen molar-refractivity contribution in [1.82, 2.24) is 5.32 Å². The lowest BCUT2D eigenvalue weighted by molar-refractivity contribution is 0.152. The van der Waals surface area contributed by atoms with Crippen LogP contribution in [0.25, 0.3) is 0 Å². The summed E-state index contributed by atoms with van der Waals surface area (Å²) in [5, 5.41) is 13.3. The van der Waals surface area contributed by atoms with E-state index in [0.29, 0.717) is 18.0 Å². The van der Waals surface area contributed by atoms with Crippen LogP contribution in [0.15, 0.2) is 60.7 Å². The molecule has 104 valence electrons. The minimum Gasteiger partial charge on any atom is -0.396 e. The molecule has 3 atom stereocenters. The summed E-state index contributed by atoms with van der Waals surface area (Å²) in [5.74, 6) is 0.367. The molecule has 1 heterocycles. The highest BCUT2D eigenvalue weighted by molar-refractivity contribution is 5.24. The molecule has 2 heteroatoms. The van der Waals surface area contributed by atoms with Crippen molar-refractivity contribution in [3.8, 4) is 0 Å². The van der Waals surface area contributed by atoms with Crippen LogP contribution in [0.1, 0.15) is 36.1 Å². The van der Waals surface area contributed by atoms with Crippen molar-refractivity contribution in [2.75, 3.05) is 6.61 Å². The molecule has 0 spiro atoms. The number of benzene rings is 2. The molecule has 20 heavy (non-hydrogen) atoms. The predicted octanol–water partition coefficient (Wildman–Crippen LogP) is 3.46. The minimum atomic E-state index is 0.272. The van der Waals surface area contributed by atoms with Crippen molar-refractivity contribution in [3.05, 3.63) is 71.8 Å². The van der Waals surface area contributed by atoms with Crippen molar-refractivity contribution in [2.24, 2.45) is 5.92 Å². The van der Waals surface area contributed by atoms with Gasteiger partial charge in [-0.3, -0.25) is 0 Å². The maximum absolute atomic E-state index is 9.59. The second-order valence-corrected chi connectivity index (χ2v) is 5.61. The molecule has 0 aromatic heterocycles. The van der Waals surface area contributed by atoms with Crippen molar-refractivity contribution >= 4 is 0 Å². The van der Waals surface area contributed by atoms with E-state index in [1.807, 2.05) is 12.1 Å². The van der Waals surface area contributed by atoms with Gasteiger partial charge in [0.1, 0.15) is 0 Å². The maximum Gasteiger partial charge on any atom is 0.0460 e. The van der Waals surface area contributed by atoms with Crippen LogP contribution in [0.3, 0.4) is 0 Å². The summed E-state index contributed by atoms with van der Waals surface area (Å²) in [6.07, 6.45) is 2.01. The predicted molar refractivity (Wildman–Crippen MR) is 81.3 cm³/mol. The van der Waals surface area contributed by atoms with Crippen LogP contribution < -0.4 is 5.32 Å². The van der Waals surface area contributed by atoms with Gasteiger partial charge in [0.25, 0.3) is 0 Å². The molecule has 1 aliphatic heterocycles. The summed E-state index contributed by atoms with van der Waals surface area (Å²) in [6.45, 7) is 0.272. The first kappa shape index (κ1) is 13.3. The first-order valence-corrected chi connectivity index (χ1v) is 7.33. The number of hydrogen-bond acceptors (Lipinski definition) is 2. The number of hydrogen-bond donors (Lipinski definition) is 2. The molecule has 0 radical (unpaired) electrons. The smallest absolute Gasteiger partial charge is 0.0460 e. The van der Waals surface area contributed by atoms with Gasteiger partial charge >= 0.3 is 0 Å². The zero-order valence-electron chi connectivity index (χ0n) is 11.6. The van der Waals surface area contributed by atoms with Crippen LogP contribution >= 0.6 is 0 Å². The summed E-state index contributed by atoms with van der Waals surface area (Å²) in [5.41, 5.74) is 2.62. The van der Waals surface area contributed by atoms with Gasteiger partial charge in [-0.05, 0) is 29.9 Å². The number of piperidine rings is 1. The van der Waals surface area contributed by atoms with E-state index in [4.69, 9.17) is 0 Å². The third kappa shape index (κ3) is 2.92. The molecular weight excluding hydrogens is 246 g/mol. The number of nitrogens with one attached hydrogen (secondary N) is 1. The largest absolute Gasteiger partial charge is 0.396 e. The number of rotatable bonds is 3. The van der Waals surface area contributed by atoms with Crippen LogP contribution in [0.4, 0.5) is 0 Å². The molecule has 2 N–H and O–H groups in total. The van der Waals surface area contributed by atoms with Crippen LogP contribution in [0.5, 0.6) is 0 Å². The lowest BCUT2D eigenvalue weighted by atomic mass is 9.83. The highest BCUT2D eigenvalue weighted by atomic mass is 16.3. The zero-order chi connectivity index (χ0) is 13.8. The third-order valence-corrected chi connectivity index (χ3v) is 4.20. The van der Waals surface area contributed by atoms with Crippen molar-refractivity contribution in [3.63, 3.8) is 0 Å². The molecule has 2 nitrogen and oxygen atoms in total. The number of aliphatic hydroxyl groups excluding tert-OH is 1. The fraction of sp³-hybridized carbons (Fsp3) is 0.333. The summed E-state index contributed by atoms with van der Waals surface area (Å²) in [4.78, 5) is 0. The molecule has 0 saturated carbocycles. The molecular formula is C18H21NO. The van der Waals surface area contributed by atoms with E-state index in [2.05, 4.69) is 53.8 Å². The lowest BCUT2D eigenvalue weighted by Crippen LogP contribution is -2.36. The summed E-state index contributed by atoms with van der Waals surface area (Å²) in [7, 11) is 0. The van der Waals surface area contributed by atoms with Gasteiger partial charge in [-0.25, -0.2) is 0 Å². The molecule has 0 amide bonds. The Morgan fingerprint density at radius 2 is 1.25 bits per heavy atom. The van der Waals surface area contributed by atoms with Crippen LogP contribution in [-0.2, 0) is 0 Å². The molecule has 1 saturated heterocycles. The van der Waals surface area contributed by atoms with Gasteiger partial charge in [-0.2, -0.15) is 0 Å². The Kier molecular flexibility index (Phi) is 4.14. The van der Waals surface area contributed by atoms with E-state index in [9.17, 15) is 5.11 Å².